The predicted molar refractivity (Wildman–Crippen MR) is 129 cm³/mol. The van der Waals surface area contributed by atoms with Crippen molar-refractivity contribution in [2.45, 2.75) is 50.8 Å². The first-order valence-electron chi connectivity index (χ1n) is 11.5. The summed E-state index contributed by atoms with van der Waals surface area (Å²) in [6.45, 7) is 7.34. The molecule has 0 spiro atoms. The average Bonchev–Trinajstić information content (AvgIpc) is 3.07. The van der Waals surface area contributed by atoms with E-state index in [9.17, 15) is 13.2 Å². The highest BCUT2D eigenvalue weighted by Crippen LogP contribution is 2.28. The number of aryl methyl sites for hydroxylation is 1. The normalized spacial score (nSPS) is 15.2. The molecule has 3 rings (SSSR count). The number of hydrogen-bond donors (Lipinski definition) is 1. The van der Waals surface area contributed by atoms with E-state index >= 15 is 0 Å². The third-order valence-corrected chi connectivity index (χ3v) is 7.91. The molecule has 0 aliphatic carbocycles. The zero-order chi connectivity index (χ0) is 23.0. The number of nitrogens with zero attached hydrogens (tertiary/aromatic N) is 2. The van der Waals surface area contributed by atoms with Crippen LogP contribution in [0.3, 0.4) is 0 Å². The first-order chi connectivity index (χ1) is 15.4. The lowest BCUT2D eigenvalue weighted by Gasteiger charge is -2.26. The third-order valence-electron chi connectivity index (χ3n) is 6.14. The molecule has 1 saturated heterocycles. The fraction of sp³-hybridized carbons (Fsp3) is 0.480. The second-order valence-electron chi connectivity index (χ2n) is 8.50. The van der Waals surface area contributed by atoms with Gasteiger partial charge in [-0.15, -0.1) is 0 Å². The number of amides is 1. The molecule has 1 heterocycles. The zero-order valence-electron chi connectivity index (χ0n) is 19.2. The first kappa shape index (κ1) is 24.3. The second kappa shape index (κ2) is 11.5. The van der Waals surface area contributed by atoms with Crippen LogP contribution in [0.4, 0.5) is 5.69 Å². The van der Waals surface area contributed by atoms with Crippen LogP contribution in [0.15, 0.2) is 53.4 Å². The second-order valence-corrected chi connectivity index (χ2v) is 10.4. The van der Waals surface area contributed by atoms with Gasteiger partial charge in [-0.1, -0.05) is 43.2 Å². The molecular weight excluding hydrogens is 422 g/mol. The number of rotatable bonds is 9. The number of hydrogen-bond acceptors (Lipinski definition) is 4. The van der Waals surface area contributed by atoms with Crippen LogP contribution in [0.2, 0.25) is 0 Å². The Kier molecular flexibility index (Phi) is 8.70. The highest BCUT2D eigenvalue weighted by molar-refractivity contribution is 7.92. The van der Waals surface area contributed by atoms with Crippen LogP contribution in [0.1, 0.15) is 43.2 Å². The maximum atomic E-state index is 13.4. The minimum atomic E-state index is -3.88. The average molecular weight is 458 g/mol. The van der Waals surface area contributed by atoms with Crippen LogP contribution >= 0.6 is 0 Å². The predicted octanol–water partition coefficient (Wildman–Crippen LogP) is 3.88. The molecule has 0 atom stereocenters. The fourth-order valence-electron chi connectivity index (χ4n) is 4.10. The van der Waals surface area contributed by atoms with E-state index in [0.717, 1.165) is 37.2 Å². The summed E-state index contributed by atoms with van der Waals surface area (Å²) in [4.78, 5) is 15.4. The molecule has 2 aromatic carbocycles. The minimum absolute atomic E-state index is 0.176. The van der Waals surface area contributed by atoms with Crippen molar-refractivity contribution in [1.82, 2.24) is 10.2 Å². The van der Waals surface area contributed by atoms with E-state index in [1.165, 1.54) is 30.0 Å². The molecule has 0 radical (unpaired) electrons. The zero-order valence-corrected chi connectivity index (χ0v) is 20.0. The summed E-state index contributed by atoms with van der Waals surface area (Å²) in [6, 6.07) is 13.8. The smallest absolute Gasteiger partial charge is 0.264 e. The number of benzene rings is 2. The Balaban J connectivity index is 1.69. The van der Waals surface area contributed by atoms with Crippen LogP contribution in [-0.2, 0) is 14.8 Å². The maximum Gasteiger partial charge on any atom is 0.264 e. The van der Waals surface area contributed by atoms with Gasteiger partial charge in [0, 0.05) is 6.54 Å². The number of anilines is 1. The Bertz CT molecular complexity index is 985. The van der Waals surface area contributed by atoms with Crippen molar-refractivity contribution in [1.29, 1.82) is 0 Å². The lowest BCUT2D eigenvalue weighted by Crippen LogP contribution is -2.42. The molecule has 174 valence electrons. The van der Waals surface area contributed by atoms with Gasteiger partial charge in [-0.2, -0.15) is 0 Å². The standard InChI is InChI=1S/C25H35N3O3S/c1-21-12-10-15-24(22(21)2)28(32(30,31)23-13-6-5-7-14-23)20-25(29)26-16-11-19-27-17-8-3-4-9-18-27/h5-7,10,12-15H,3-4,8-9,11,16-20H2,1-2H3,(H,26,29). The van der Waals surface area contributed by atoms with E-state index < -0.39 is 10.0 Å². The highest BCUT2D eigenvalue weighted by atomic mass is 32.2. The van der Waals surface area contributed by atoms with Crippen molar-refractivity contribution >= 4 is 21.6 Å². The molecule has 1 N–H and O–H groups in total. The monoisotopic (exact) mass is 457 g/mol. The maximum absolute atomic E-state index is 13.4. The van der Waals surface area contributed by atoms with Crippen molar-refractivity contribution in [3.8, 4) is 0 Å². The van der Waals surface area contributed by atoms with E-state index in [2.05, 4.69) is 10.2 Å². The lowest BCUT2D eigenvalue weighted by molar-refractivity contribution is -0.119. The molecule has 1 aliphatic heterocycles. The Morgan fingerprint density at radius 2 is 1.66 bits per heavy atom. The van der Waals surface area contributed by atoms with Crippen LogP contribution in [0.25, 0.3) is 0 Å². The van der Waals surface area contributed by atoms with E-state index in [4.69, 9.17) is 0 Å². The molecule has 32 heavy (non-hydrogen) atoms. The molecule has 7 heteroatoms. The number of nitrogens with one attached hydrogen (secondary N) is 1. The molecule has 1 fully saturated rings. The summed E-state index contributed by atoms with van der Waals surface area (Å²) >= 11 is 0. The van der Waals surface area contributed by atoms with Crippen molar-refractivity contribution in [3.05, 3.63) is 59.7 Å². The van der Waals surface area contributed by atoms with Gasteiger partial charge in [0.05, 0.1) is 10.6 Å². The molecule has 2 aromatic rings. The molecular formula is C25H35N3O3S. The highest BCUT2D eigenvalue weighted by Gasteiger charge is 2.28. The minimum Gasteiger partial charge on any atom is -0.354 e. The largest absolute Gasteiger partial charge is 0.354 e. The van der Waals surface area contributed by atoms with Gasteiger partial charge in [0.1, 0.15) is 6.54 Å². The fourth-order valence-corrected chi connectivity index (χ4v) is 5.60. The molecule has 0 saturated carbocycles. The molecule has 1 amide bonds. The number of sulfonamides is 1. The summed E-state index contributed by atoms with van der Waals surface area (Å²) in [5, 5.41) is 2.92. The van der Waals surface area contributed by atoms with Gasteiger partial charge in [0.2, 0.25) is 5.91 Å². The van der Waals surface area contributed by atoms with Gasteiger partial charge in [0.15, 0.2) is 0 Å². The Labute approximate surface area is 192 Å². The van der Waals surface area contributed by atoms with Gasteiger partial charge < -0.3 is 10.2 Å². The summed E-state index contributed by atoms with van der Waals surface area (Å²) in [5.41, 5.74) is 2.36. The summed E-state index contributed by atoms with van der Waals surface area (Å²) in [6.07, 6.45) is 5.96. The van der Waals surface area contributed by atoms with E-state index in [1.807, 2.05) is 26.0 Å². The molecule has 6 nitrogen and oxygen atoms in total. The lowest BCUT2D eigenvalue weighted by atomic mass is 10.1. The van der Waals surface area contributed by atoms with Crippen LogP contribution in [-0.4, -0.2) is 51.9 Å². The van der Waals surface area contributed by atoms with Crippen LogP contribution in [0, 0.1) is 13.8 Å². The summed E-state index contributed by atoms with van der Waals surface area (Å²) < 4.78 is 28.1. The van der Waals surface area contributed by atoms with Crippen molar-refractivity contribution in [2.24, 2.45) is 0 Å². The van der Waals surface area contributed by atoms with Gasteiger partial charge >= 0.3 is 0 Å². The third kappa shape index (κ3) is 6.33. The van der Waals surface area contributed by atoms with Gasteiger partial charge in [-0.25, -0.2) is 8.42 Å². The quantitative estimate of drug-likeness (QED) is 0.580. The topological polar surface area (TPSA) is 69.7 Å². The molecule has 0 bridgehead atoms. The van der Waals surface area contributed by atoms with Crippen molar-refractivity contribution in [2.75, 3.05) is 37.0 Å². The molecule has 1 aliphatic rings. The number of carbonyl (C=O) groups is 1. The Hall–Kier alpha value is -2.38. The molecule has 0 unspecified atom stereocenters. The van der Waals surface area contributed by atoms with E-state index in [1.54, 1.807) is 36.4 Å². The Morgan fingerprint density at radius 1 is 0.969 bits per heavy atom. The van der Waals surface area contributed by atoms with Gasteiger partial charge in [0.25, 0.3) is 10.0 Å². The Morgan fingerprint density at radius 3 is 2.34 bits per heavy atom. The van der Waals surface area contributed by atoms with Crippen LogP contribution < -0.4 is 9.62 Å². The van der Waals surface area contributed by atoms with Gasteiger partial charge in [-0.3, -0.25) is 9.10 Å². The van der Waals surface area contributed by atoms with Gasteiger partial charge in [-0.05, 0) is 82.1 Å². The summed E-state index contributed by atoms with van der Waals surface area (Å²) in [7, 11) is -3.88. The SMILES string of the molecule is Cc1cccc(N(CC(=O)NCCCN2CCCCCC2)S(=O)(=O)c2ccccc2)c1C. The van der Waals surface area contributed by atoms with Crippen LogP contribution in [0.5, 0.6) is 0 Å². The molecule has 0 aromatic heterocycles. The summed E-state index contributed by atoms with van der Waals surface area (Å²) in [5.74, 6) is -0.290. The van der Waals surface area contributed by atoms with Crippen molar-refractivity contribution in [3.63, 3.8) is 0 Å². The van der Waals surface area contributed by atoms with E-state index in [-0.39, 0.29) is 17.3 Å². The first-order valence-corrected chi connectivity index (χ1v) is 13.0. The van der Waals surface area contributed by atoms with E-state index in [0.29, 0.717) is 12.2 Å². The van der Waals surface area contributed by atoms with Crippen molar-refractivity contribution < 1.29 is 13.2 Å². The number of carbonyl (C=O) groups excluding carboxylic acids is 1. The number of likely N-dealkylation sites (tertiary alicyclic amines) is 1.